The lowest BCUT2D eigenvalue weighted by Gasteiger charge is -2.25. The summed E-state index contributed by atoms with van der Waals surface area (Å²) in [4.78, 5) is 25.6. The topological polar surface area (TPSA) is 109 Å². The van der Waals surface area contributed by atoms with Crippen molar-refractivity contribution in [3.8, 4) is 5.75 Å². The number of amides is 1. The fourth-order valence-corrected chi connectivity index (χ4v) is 2.53. The van der Waals surface area contributed by atoms with Crippen molar-refractivity contribution in [3.05, 3.63) is 54.1 Å². The summed E-state index contributed by atoms with van der Waals surface area (Å²) >= 11 is 0. The highest BCUT2D eigenvalue weighted by Crippen LogP contribution is 2.22. The summed E-state index contributed by atoms with van der Waals surface area (Å²) < 4.78 is 5.35. The number of ether oxygens (including phenoxy) is 1. The first-order chi connectivity index (χ1) is 12.3. The quantitative estimate of drug-likeness (QED) is 0.331. The van der Waals surface area contributed by atoms with Crippen LogP contribution in [0.2, 0.25) is 0 Å². The first-order valence-corrected chi connectivity index (χ1v) is 8.11. The maximum Gasteiger partial charge on any atom is 0.343 e. The molecule has 7 heteroatoms. The normalized spacial score (nSPS) is 10.3. The van der Waals surface area contributed by atoms with E-state index in [9.17, 15) is 9.59 Å². The monoisotopic (exact) mass is 354 g/mol. The Morgan fingerprint density at radius 3 is 2.12 bits per heavy atom. The molecule has 0 heterocycles. The standard InChI is InChI=1S/C19H22N4O3/c1-12(2)23(13(3)24)16-8-10-17(11-9-16)26-18(25)14-4-6-15(7-5-14)22-19(20)21/h4-12H,1-3H3,(H4,20,21,22). The number of benzene rings is 2. The molecule has 0 aliphatic carbocycles. The molecule has 0 aromatic heterocycles. The third kappa shape index (κ3) is 4.83. The van der Waals surface area contributed by atoms with Gasteiger partial charge >= 0.3 is 5.97 Å². The zero-order chi connectivity index (χ0) is 19.3. The lowest BCUT2D eigenvalue weighted by Crippen LogP contribution is -2.34. The van der Waals surface area contributed by atoms with Crippen LogP contribution in [0.5, 0.6) is 5.75 Å². The minimum absolute atomic E-state index is 0.0306. The van der Waals surface area contributed by atoms with Crippen LogP contribution in [0.25, 0.3) is 0 Å². The van der Waals surface area contributed by atoms with Gasteiger partial charge in [-0.15, -0.1) is 0 Å². The molecule has 4 N–H and O–H groups in total. The molecule has 0 saturated carbocycles. The molecule has 1 amide bonds. The summed E-state index contributed by atoms with van der Waals surface area (Å²) in [5.74, 6) is -0.346. The van der Waals surface area contributed by atoms with Crippen LogP contribution in [0.1, 0.15) is 31.1 Å². The van der Waals surface area contributed by atoms with E-state index in [-0.39, 0.29) is 17.9 Å². The molecular formula is C19H22N4O3. The van der Waals surface area contributed by atoms with Crippen LogP contribution in [0, 0.1) is 5.41 Å². The number of hydrogen-bond donors (Lipinski definition) is 3. The molecule has 0 fully saturated rings. The molecule has 26 heavy (non-hydrogen) atoms. The average molecular weight is 354 g/mol. The van der Waals surface area contributed by atoms with E-state index in [1.54, 1.807) is 53.4 Å². The molecule has 0 saturated heterocycles. The maximum atomic E-state index is 12.2. The van der Waals surface area contributed by atoms with E-state index in [4.69, 9.17) is 15.9 Å². The molecule has 0 radical (unpaired) electrons. The molecular weight excluding hydrogens is 332 g/mol. The highest BCUT2D eigenvalue weighted by atomic mass is 16.5. The molecule has 2 aromatic rings. The van der Waals surface area contributed by atoms with Gasteiger partial charge in [0.25, 0.3) is 0 Å². The number of hydrogen-bond acceptors (Lipinski definition) is 4. The van der Waals surface area contributed by atoms with Crippen LogP contribution in [-0.2, 0) is 4.79 Å². The smallest absolute Gasteiger partial charge is 0.343 e. The van der Waals surface area contributed by atoms with Gasteiger partial charge in [0.15, 0.2) is 5.96 Å². The summed E-state index contributed by atoms with van der Waals surface area (Å²) in [6.07, 6.45) is 0. The van der Waals surface area contributed by atoms with Crippen LogP contribution >= 0.6 is 0 Å². The molecule has 0 aliphatic rings. The van der Waals surface area contributed by atoms with E-state index in [0.29, 0.717) is 17.0 Å². The first kappa shape index (κ1) is 19.0. The lowest BCUT2D eigenvalue weighted by atomic mass is 10.2. The Morgan fingerprint density at radius 1 is 1.08 bits per heavy atom. The van der Waals surface area contributed by atoms with E-state index in [1.807, 2.05) is 13.8 Å². The Hall–Kier alpha value is -3.35. The van der Waals surface area contributed by atoms with Crippen molar-refractivity contribution < 1.29 is 14.3 Å². The van der Waals surface area contributed by atoms with Crippen molar-refractivity contribution in [2.24, 2.45) is 5.73 Å². The van der Waals surface area contributed by atoms with Crippen molar-refractivity contribution >= 4 is 29.2 Å². The van der Waals surface area contributed by atoms with E-state index >= 15 is 0 Å². The summed E-state index contributed by atoms with van der Waals surface area (Å²) in [7, 11) is 0. The van der Waals surface area contributed by atoms with Gasteiger partial charge in [0.05, 0.1) is 5.56 Å². The van der Waals surface area contributed by atoms with Crippen LogP contribution < -0.4 is 20.7 Å². The Bertz CT molecular complexity index is 799. The average Bonchev–Trinajstić information content (AvgIpc) is 2.56. The van der Waals surface area contributed by atoms with Gasteiger partial charge in [0.2, 0.25) is 5.91 Å². The number of carbonyl (C=O) groups is 2. The van der Waals surface area contributed by atoms with Gasteiger partial charge in [0, 0.05) is 24.3 Å². The molecule has 2 aromatic carbocycles. The Kier molecular flexibility index (Phi) is 5.95. The minimum atomic E-state index is -0.501. The molecule has 0 aliphatic heterocycles. The highest BCUT2D eigenvalue weighted by molar-refractivity contribution is 5.94. The number of carbonyl (C=O) groups excluding carboxylic acids is 2. The first-order valence-electron chi connectivity index (χ1n) is 8.11. The highest BCUT2D eigenvalue weighted by Gasteiger charge is 2.15. The Morgan fingerprint density at radius 2 is 1.65 bits per heavy atom. The maximum absolute atomic E-state index is 12.2. The second-order valence-corrected chi connectivity index (χ2v) is 5.98. The summed E-state index contributed by atoms with van der Waals surface area (Å²) in [6, 6.07) is 13.2. The summed E-state index contributed by atoms with van der Waals surface area (Å²) in [6.45, 7) is 5.37. The van der Waals surface area contributed by atoms with Gasteiger partial charge in [-0.25, -0.2) is 4.79 Å². The zero-order valence-electron chi connectivity index (χ0n) is 14.9. The number of nitrogens with zero attached hydrogens (tertiary/aromatic N) is 1. The van der Waals surface area contributed by atoms with Gasteiger partial charge in [0.1, 0.15) is 5.75 Å². The van der Waals surface area contributed by atoms with Crippen LogP contribution in [0.15, 0.2) is 48.5 Å². The third-order valence-corrected chi connectivity index (χ3v) is 3.58. The SMILES string of the molecule is CC(=O)N(c1ccc(OC(=O)c2ccc(NC(=N)N)cc2)cc1)C(C)C. The molecule has 7 nitrogen and oxygen atoms in total. The number of nitrogens with one attached hydrogen (secondary N) is 2. The minimum Gasteiger partial charge on any atom is -0.423 e. The number of nitrogens with two attached hydrogens (primary N) is 1. The predicted molar refractivity (Wildman–Crippen MR) is 102 cm³/mol. The van der Waals surface area contributed by atoms with Crippen LogP contribution in [0.3, 0.4) is 0 Å². The lowest BCUT2D eigenvalue weighted by molar-refractivity contribution is -0.116. The third-order valence-electron chi connectivity index (χ3n) is 3.58. The van der Waals surface area contributed by atoms with E-state index in [0.717, 1.165) is 5.69 Å². The second-order valence-electron chi connectivity index (χ2n) is 5.98. The number of esters is 1. The number of guanidine groups is 1. The van der Waals surface area contributed by atoms with Crippen molar-refractivity contribution in [2.75, 3.05) is 10.2 Å². The van der Waals surface area contributed by atoms with Gasteiger partial charge in [-0.1, -0.05) is 0 Å². The van der Waals surface area contributed by atoms with Crippen LogP contribution in [0.4, 0.5) is 11.4 Å². The van der Waals surface area contributed by atoms with Crippen molar-refractivity contribution in [1.82, 2.24) is 0 Å². The largest absolute Gasteiger partial charge is 0.423 e. The zero-order valence-corrected chi connectivity index (χ0v) is 14.9. The molecule has 0 atom stereocenters. The van der Waals surface area contributed by atoms with Crippen molar-refractivity contribution in [1.29, 1.82) is 5.41 Å². The van der Waals surface area contributed by atoms with E-state index < -0.39 is 5.97 Å². The number of rotatable bonds is 5. The molecule has 0 spiro atoms. The van der Waals surface area contributed by atoms with Crippen molar-refractivity contribution in [2.45, 2.75) is 26.8 Å². The molecule has 0 unspecified atom stereocenters. The Labute approximate surface area is 152 Å². The van der Waals surface area contributed by atoms with Gasteiger partial charge in [-0.3, -0.25) is 10.2 Å². The number of anilines is 2. The second kappa shape index (κ2) is 8.15. The molecule has 0 bridgehead atoms. The van der Waals surface area contributed by atoms with Gasteiger partial charge in [-0.2, -0.15) is 0 Å². The summed E-state index contributed by atoms with van der Waals surface area (Å²) in [5, 5.41) is 9.80. The van der Waals surface area contributed by atoms with Crippen LogP contribution in [-0.4, -0.2) is 23.9 Å². The van der Waals surface area contributed by atoms with E-state index in [2.05, 4.69) is 5.32 Å². The van der Waals surface area contributed by atoms with Gasteiger partial charge in [-0.05, 0) is 62.4 Å². The van der Waals surface area contributed by atoms with Crippen molar-refractivity contribution in [3.63, 3.8) is 0 Å². The molecule has 136 valence electrons. The fourth-order valence-electron chi connectivity index (χ4n) is 2.53. The Balaban J connectivity index is 2.07. The van der Waals surface area contributed by atoms with Gasteiger partial charge < -0.3 is 20.7 Å². The predicted octanol–water partition coefficient (Wildman–Crippen LogP) is 2.97. The van der Waals surface area contributed by atoms with E-state index in [1.165, 1.54) is 6.92 Å². The summed E-state index contributed by atoms with van der Waals surface area (Å²) in [5.41, 5.74) is 6.97. The molecule has 2 rings (SSSR count). The fraction of sp³-hybridized carbons (Fsp3) is 0.211.